The van der Waals surface area contributed by atoms with Gasteiger partial charge in [-0.25, -0.2) is 4.79 Å². The van der Waals surface area contributed by atoms with E-state index in [1.807, 2.05) is 0 Å². The van der Waals surface area contributed by atoms with Crippen LogP contribution in [0.1, 0.15) is 12.5 Å². The smallest absolute Gasteiger partial charge is 0.422 e. The molecule has 0 spiro atoms. The zero-order valence-corrected chi connectivity index (χ0v) is 11.0. The van der Waals surface area contributed by atoms with E-state index in [9.17, 15) is 18.0 Å². The van der Waals surface area contributed by atoms with E-state index in [0.717, 1.165) is 4.90 Å². The molecule has 0 N–H and O–H groups in total. The SMILES string of the molecule is CCN(Cc1ccccc1Cl)C(=O)OCC(F)(F)F. The minimum absolute atomic E-state index is 0.104. The largest absolute Gasteiger partial charge is 0.440 e. The molecule has 106 valence electrons. The average molecular weight is 296 g/mol. The molecule has 0 fully saturated rings. The molecule has 0 saturated carbocycles. The van der Waals surface area contributed by atoms with Crippen LogP contribution in [-0.2, 0) is 11.3 Å². The second-order valence-electron chi connectivity index (χ2n) is 3.78. The van der Waals surface area contributed by atoms with Crippen LogP contribution in [0.5, 0.6) is 0 Å². The lowest BCUT2D eigenvalue weighted by Crippen LogP contribution is -2.33. The number of hydrogen-bond acceptors (Lipinski definition) is 2. The average Bonchev–Trinajstić information content (AvgIpc) is 2.34. The van der Waals surface area contributed by atoms with Crippen molar-refractivity contribution >= 4 is 17.7 Å². The van der Waals surface area contributed by atoms with Crippen molar-refractivity contribution in [1.82, 2.24) is 4.90 Å². The predicted octanol–water partition coefficient (Wildman–Crippen LogP) is 3.86. The van der Waals surface area contributed by atoms with Crippen molar-refractivity contribution in [2.45, 2.75) is 19.6 Å². The number of benzene rings is 1. The van der Waals surface area contributed by atoms with Crippen LogP contribution in [0, 0.1) is 0 Å². The molecule has 0 aliphatic rings. The number of hydrogen-bond donors (Lipinski definition) is 0. The van der Waals surface area contributed by atoms with Gasteiger partial charge in [-0.2, -0.15) is 13.2 Å². The normalized spacial score (nSPS) is 11.2. The standard InChI is InChI=1S/C12H13ClF3NO2/c1-2-17(11(18)19-8-12(14,15)16)7-9-5-3-4-6-10(9)13/h3-6H,2,7-8H2,1H3. The summed E-state index contributed by atoms with van der Waals surface area (Å²) in [4.78, 5) is 12.6. The monoisotopic (exact) mass is 295 g/mol. The van der Waals surface area contributed by atoms with E-state index in [0.29, 0.717) is 10.6 Å². The van der Waals surface area contributed by atoms with Crippen LogP contribution in [-0.4, -0.2) is 30.3 Å². The number of nitrogens with zero attached hydrogens (tertiary/aromatic N) is 1. The second-order valence-corrected chi connectivity index (χ2v) is 4.18. The first kappa shape index (κ1) is 15.6. The number of halogens is 4. The Morgan fingerprint density at radius 2 is 2.00 bits per heavy atom. The van der Waals surface area contributed by atoms with Crippen LogP contribution in [0.15, 0.2) is 24.3 Å². The molecule has 0 heterocycles. The Morgan fingerprint density at radius 1 is 1.37 bits per heavy atom. The maximum atomic E-state index is 12.0. The zero-order valence-electron chi connectivity index (χ0n) is 10.2. The van der Waals surface area contributed by atoms with Crippen molar-refractivity contribution in [2.75, 3.05) is 13.2 Å². The highest BCUT2D eigenvalue weighted by molar-refractivity contribution is 6.31. The summed E-state index contributed by atoms with van der Waals surface area (Å²) in [6, 6.07) is 6.80. The minimum atomic E-state index is -4.53. The number of ether oxygens (including phenoxy) is 1. The van der Waals surface area contributed by atoms with Crippen LogP contribution in [0.4, 0.5) is 18.0 Å². The molecule has 1 rings (SSSR count). The van der Waals surface area contributed by atoms with Gasteiger partial charge < -0.3 is 9.64 Å². The minimum Gasteiger partial charge on any atom is -0.440 e. The summed E-state index contributed by atoms with van der Waals surface area (Å²) in [5.74, 6) is 0. The van der Waals surface area contributed by atoms with Gasteiger partial charge in [0.25, 0.3) is 0 Å². The molecule has 0 aliphatic carbocycles. The zero-order chi connectivity index (χ0) is 14.5. The Hall–Kier alpha value is -1.43. The number of rotatable bonds is 4. The third-order valence-electron chi connectivity index (χ3n) is 2.32. The van der Waals surface area contributed by atoms with Gasteiger partial charge >= 0.3 is 12.3 Å². The van der Waals surface area contributed by atoms with Gasteiger partial charge in [-0.1, -0.05) is 29.8 Å². The van der Waals surface area contributed by atoms with Gasteiger partial charge in [0.2, 0.25) is 0 Å². The van der Waals surface area contributed by atoms with E-state index in [1.54, 1.807) is 31.2 Å². The van der Waals surface area contributed by atoms with Crippen LogP contribution in [0.3, 0.4) is 0 Å². The van der Waals surface area contributed by atoms with Crippen LogP contribution >= 0.6 is 11.6 Å². The molecule has 7 heteroatoms. The van der Waals surface area contributed by atoms with Gasteiger partial charge in [0.1, 0.15) is 0 Å². The molecule has 1 aromatic rings. The maximum Gasteiger partial charge on any atom is 0.422 e. The van der Waals surface area contributed by atoms with Crippen LogP contribution in [0.2, 0.25) is 5.02 Å². The highest BCUT2D eigenvalue weighted by Crippen LogP contribution is 2.18. The molecule has 0 saturated heterocycles. The number of amides is 1. The molecule has 0 aliphatic heterocycles. The van der Waals surface area contributed by atoms with Crippen molar-refractivity contribution in [3.8, 4) is 0 Å². The predicted molar refractivity (Wildman–Crippen MR) is 64.9 cm³/mol. The summed E-state index contributed by atoms with van der Waals surface area (Å²) in [6.45, 7) is 0.380. The third-order valence-corrected chi connectivity index (χ3v) is 2.69. The highest BCUT2D eigenvalue weighted by Gasteiger charge is 2.30. The summed E-state index contributed by atoms with van der Waals surface area (Å²) in [5.41, 5.74) is 0.648. The van der Waals surface area contributed by atoms with Gasteiger partial charge in [-0.05, 0) is 18.6 Å². The second kappa shape index (κ2) is 6.65. The first-order chi connectivity index (χ1) is 8.83. The van der Waals surface area contributed by atoms with Crippen molar-refractivity contribution in [2.24, 2.45) is 0 Å². The molecule has 0 aromatic heterocycles. The van der Waals surface area contributed by atoms with Crippen molar-refractivity contribution in [1.29, 1.82) is 0 Å². The summed E-state index contributed by atoms with van der Waals surface area (Å²) in [6.07, 6.45) is -5.54. The molecule has 0 bridgehead atoms. The Kier molecular flexibility index (Phi) is 5.47. The first-order valence-corrected chi connectivity index (χ1v) is 5.93. The molecule has 19 heavy (non-hydrogen) atoms. The number of carbonyl (C=O) groups is 1. The van der Waals surface area contributed by atoms with Gasteiger partial charge in [-0.3, -0.25) is 0 Å². The van der Waals surface area contributed by atoms with Gasteiger partial charge in [-0.15, -0.1) is 0 Å². The van der Waals surface area contributed by atoms with Crippen molar-refractivity contribution in [3.63, 3.8) is 0 Å². The number of alkyl halides is 3. The number of carbonyl (C=O) groups excluding carboxylic acids is 1. The molecule has 0 radical (unpaired) electrons. The van der Waals surface area contributed by atoms with Gasteiger partial charge in [0.15, 0.2) is 6.61 Å². The Morgan fingerprint density at radius 3 is 2.53 bits per heavy atom. The lowest BCUT2D eigenvalue weighted by molar-refractivity contribution is -0.162. The fourth-order valence-corrected chi connectivity index (χ4v) is 1.57. The maximum absolute atomic E-state index is 12.0. The topological polar surface area (TPSA) is 29.5 Å². The fraction of sp³-hybridized carbons (Fsp3) is 0.417. The van der Waals surface area contributed by atoms with E-state index >= 15 is 0 Å². The Bertz CT molecular complexity index is 437. The molecular weight excluding hydrogens is 283 g/mol. The summed E-state index contributed by atoms with van der Waals surface area (Å²) >= 11 is 5.92. The first-order valence-electron chi connectivity index (χ1n) is 5.55. The summed E-state index contributed by atoms with van der Waals surface area (Å²) in [5, 5.41) is 0.449. The lowest BCUT2D eigenvalue weighted by Gasteiger charge is -2.21. The van der Waals surface area contributed by atoms with E-state index < -0.39 is 18.9 Å². The highest BCUT2D eigenvalue weighted by atomic mass is 35.5. The van der Waals surface area contributed by atoms with Crippen LogP contribution < -0.4 is 0 Å². The summed E-state index contributed by atoms with van der Waals surface area (Å²) < 4.78 is 40.1. The van der Waals surface area contributed by atoms with Crippen LogP contribution in [0.25, 0.3) is 0 Å². The van der Waals surface area contributed by atoms with Gasteiger partial charge in [0.05, 0.1) is 6.54 Å². The van der Waals surface area contributed by atoms with E-state index in [2.05, 4.69) is 4.74 Å². The molecule has 0 unspecified atom stereocenters. The molecule has 1 aromatic carbocycles. The van der Waals surface area contributed by atoms with Crippen molar-refractivity contribution in [3.05, 3.63) is 34.9 Å². The summed E-state index contributed by atoms with van der Waals surface area (Å²) in [7, 11) is 0. The Balaban J connectivity index is 2.63. The van der Waals surface area contributed by atoms with Crippen molar-refractivity contribution < 1.29 is 22.7 Å². The third kappa shape index (κ3) is 5.38. The lowest BCUT2D eigenvalue weighted by atomic mass is 10.2. The quantitative estimate of drug-likeness (QED) is 0.844. The Labute approximate surface area is 113 Å². The molecular formula is C12H13ClF3NO2. The fourth-order valence-electron chi connectivity index (χ4n) is 1.37. The van der Waals surface area contributed by atoms with E-state index in [1.165, 1.54) is 0 Å². The molecule has 3 nitrogen and oxygen atoms in total. The molecule has 1 amide bonds. The van der Waals surface area contributed by atoms with Gasteiger partial charge in [0, 0.05) is 11.6 Å². The molecule has 0 atom stereocenters. The van der Waals surface area contributed by atoms with E-state index in [-0.39, 0.29) is 13.1 Å². The van der Waals surface area contributed by atoms with E-state index in [4.69, 9.17) is 11.6 Å².